The molecular weight excluding hydrogens is 208 g/mol. The van der Waals surface area contributed by atoms with Gasteiger partial charge in [-0.05, 0) is 19.8 Å². The quantitative estimate of drug-likeness (QED) is 0.722. The van der Waals surface area contributed by atoms with Gasteiger partial charge in [0, 0.05) is 13.0 Å². The number of imide groups is 1. The maximum absolute atomic E-state index is 12.1. The summed E-state index contributed by atoms with van der Waals surface area (Å²) in [6.07, 6.45) is 3.66. The predicted octanol–water partition coefficient (Wildman–Crippen LogP) is 0.830. The Kier molecular flexibility index (Phi) is 2.69. The van der Waals surface area contributed by atoms with Crippen molar-refractivity contribution in [1.29, 1.82) is 0 Å². The molecule has 1 N–H and O–H groups in total. The molecule has 0 unspecified atom stereocenters. The van der Waals surface area contributed by atoms with E-state index >= 15 is 0 Å². The summed E-state index contributed by atoms with van der Waals surface area (Å²) in [5.41, 5.74) is -0.645. The van der Waals surface area contributed by atoms with E-state index in [9.17, 15) is 14.4 Å². The van der Waals surface area contributed by atoms with Crippen molar-refractivity contribution in [2.75, 3.05) is 6.54 Å². The van der Waals surface area contributed by atoms with Crippen molar-refractivity contribution in [3.8, 4) is 0 Å². The summed E-state index contributed by atoms with van der Waals surface area (Å²) in [4.78, 5) is 35.8. The molecule has 0 atom stereocenters. The van der Waals surface area contributed by atoms with Gasteiger partial charge in [0.2, 0.25) is 0 Å². The van der Waals surface area contributed by atoms with Gasteiger partial charge in [0.1, 0.15) is 11.3 Å². The number of carbonyl (C=O) groups excluding carboxylic acids is 3. The molecular formula is C11H16N2O3. The van der Waals surface area contributed by atoms with Crippen LogP contribution in [-0.2, 0) is 9.59 Å². The van der Waals surface area contributed by atoms with Gasteiger partial charge in [-0.15, -0.1) is 0 Å². The first-order chi connectivity index (χ1) is 7.55. The molecule has 1 saturated heterocycles. The van der Waals surface area contributed by atoms with Crippen LogP contribution in [0.4, 0.5) is 4.79 Å². The number of hydrogen-bond acceptors (Lipinski definition) is 3. The predicted molar refractivity (Wildman–Crippen MR) is 56.7 cm³/mol. The standard InChI is InChI=1S/C11H16N2O3/c1-8(14)4-7-13-9(15)11(12-10(13)16)5-2-3-6-11/h2-7H2,1H3,(H,12,16). The van der Waals surface area contributed by atoms with E-state index in [1.165, 1.54) is 11.8 Å². The minimum absolute atomic E-state index is 0.00651. The van der Waals surface area contributed by atoms with Gasteiger partial charge in [-0.1, -0.05) is 12.8 Å². The van der Waals surface area contributed by atoms with Gasteiger partial charge in [0.25, 0.3) is 5.91 Å². The first kappa shape index (κ1) is 11.1. The van der Waals surface area contributed by atoms with Gasteiger partial charge in [-0.25, -0.2) is 4.79 Å². The van der Waals surface area contributed by atoms with E-state index in [1.807, 2.05) is 0 Å². The number of carbonyl (C=O) groups is 3. The Hall–Kier alpha value is -1.39. The van der Waals surface area contributed by atoms with Crippen molar-refractivity contribution >= 4 is 17.7 Å². The highest BCUT2D eigenvalue weighted by atomic mass is 16.2. The van der Waals surface area contributed by atoms with Crippen LogP contribution in [0.3, 0.4) is 0 Å². The molecule has 2 fully saturated rings. The molecule has 5 heteroatoms. The molecule has 5 nitrogen and oxygen atoms in total. The van der Waals surface area contributed by atoms with E-state index in [0.29, 0.717) is 0 Å². The van der Waals surface area contributed by atoms with Crippen molar-refractivity contribution in [2.24, 2.45) is 0 Å². The summed E-state index contributed by atoms with van der Waals surface area (Å²) in [7, 11) is 0. The number of amides is 3. The zero-order valence-corrected chi connectivity index (χ0v) is 9.41. The van der Waals surface area contributed by atoms with Gasteiger partial charge >= 0.3 is 6.03 Å². The van der Waals surface area contributed by atoms with E-state index in [0.717, 1.165) is 25.7 Å². The topological polar surface area (TPSA) is 66.5 Å². The van der Waals surface area contributed by atoms with E-state index < -0.39 is 5.54 Å². The highest BCUT2D eigenvalue weighted by molar-refractivity contribution is 6.07. The molecule has 1 heterocycles. The molecule has 0 aromatic heterocycles. The summed E-state index contributed by atoms with van der Waals surface area (Å²) in [5, 5.41) is 2.78. The molecule has 88 valence electrons. The molecule has 1 saturated carbocycles. The molecule has 0 bridgehead atoms. The van der Waals surface area contributed by atoms with Crippen molar-refractivity contribution < 1.29 is 14.4 Å². The zero-order valence-electron chi connectivity index (χ0n) is 9.41. The van der Waals surface area contributed by atoms with Crippen LogP contribution in [-0.4, -0.2) is 34.7 Å². The first-order valence-electron chi connectivity index (χ1n) is 5.69. The van der Waals surface area contributed by atoms with Crippen LogP contribution in [0.1, 0.15) is 39.0 Å². The molecule has 1 spiro atoms. The Bertz CT molecular complexity index is 345. The highest BCUT2D eigenvalue weighted by Gasteiger charge is 2.52. The Balaban J connectivity index is 2.07. The lowest BCUT2D eigenvalue weighted by molar-refractivity contribution is -0.131. The summed E-state index contributed by atoms with van der Waals surface area (Å²) < 4.78 is 0. The Morgan fingerprint density at radius 3 is 2.56 bits per heavy atom. The van der Waals surface area contributed by atoms with Crippen LogP contribution in [0.15, 0.2) is 0 Å². The number of nitrogens with zero attached hydrogens (tertiary/aromatic N) is 1. The summed E-state index contributed by atoms with van der Waals surface area (Å²) in [5.74, 6) is -0.149. The fourth-order valence-electron chi connectivity index (χ4n) is 2.47. The van der Waals surface area contributed by atoms with Crippen molar-refractivity contribution in [3.63, 3.8) is 0 Å². The third-order valence-corrected chi connectivity index (χ3v) is 3.39. The SMILES string of the molecule is CC(=O)CCN1C(=O)NC2(CCCC2)C1=O. The third-order valence-electron chi connectivity index (χ3n) is 3.39. The minimum Gasteiger partial charge on any atom is -0.323 e. The summed E-state index contributed by atoms with van der Waals surface area (Å²) in [6.45, 7) is 1.67. The van der Waals surface area contributed by atoms with Gasteiger partial charge in [0.05, 0.1) is 0 Å². The normalized spacial score (nSPS) is 22.9. The van der Waals surface area contributed by atoms with Gasteiger partial charge in [-0.2, -0.15) is 0 Å². The van der Waals surface area contributed by atoms with Gasteiger partial charge in [0.15, 0.2) is 0 Å². The monoisotopic (exact) mass is 224 g/mol. The average Bonchev–Trinajstić information content (AvgIpc) is 2.74. The molecule has 0 aromatic rings. The number of hydrogen-bond donors (Lipinski definition) is 1. The lowest BCUT2D eigenvalue weighted by atomic mass is 9.98. The zero-order chi connectivity index (χ0) is 11.8. The molecule has 0 radical (unpaired) electrons. The van der Waals surface area contributed by atoms with Crippen LogP contribution in [0.2, 0.25) is 0 Å². The Morgan fingerprint density at radius 1 is 1.38 bits per heavy atom. The molecule has 2 rings (SSSR count). The molecule has 1 aliphatic carbocycles. The second-order valence-corrected chi connectivity index (χ2v) is 4.63. The molecule has 16 heavy (non-hydrogen) atoms. The van der Waals surface area contributed by atoms with Gasteiger partial charge in [-0.3, -0.25) is 14.5 Å². The highest BCUT2D eigenvalue weighted by Crippen LogP contribution is 2.34. The number of ketones is 1. The fourth-order valence-corrected chi connectivity index (χ4v) is 2.47. The lowest BCUT2D eigenvalue weighted by Crippen LogP contribution is -2.44. The summed E-state index contributed by atoms with van der Waals surface area (Å²) in [6, 6.07) is -0.340. The summed E-state index contributed by atoms with van der Waals surface area (Å²) >= 11 is 0. The van der Waals surface area contributed by atoms with E-state index in [4.69, 9.17) is 0 Å². The fraction of sp³-hybridized carbons (Fsp3) is 0.727. The molecule has 3 amide bonds. The van der Waals surface area contributed by atoms with Crippen LogP contribution < -0.4 is 5.32 Å². The second kappa shape index (κ2) is 3.88. The second-order valence-electron chi connectivity index (χ2n) is 4.63. The minimum atomic E-state index is -0.645. The molecule has 0 aromatic carbocycles. The number of nitrogens with one attached hydrogen (secondary N) is 1. The van der Waals surface area contributed by atoms with E-state index in [2.05, 4.69) is 5.32 Å². The maximum Gasteiger partial charge on any atom is 0.325 e. The van der Waals surface area contributed by atoms with Crippen molar-refractivity contribution in [3.05, 3.63) is 0 Å². The van der Waals surface area contributed by atoms with Crippen LogP contribution >= 0.6 is 0 Å². The van der Waals surface area contributed by atoms with E-state index in [1.54, 1.807) is 0 Å². The third kappa shape index (κ3) is 1.70. The Labute approximate surface area is 94.2 Å². The van der Waals surface area contributed by atoms with Crippen molar-refractivity contribution in [1.82, 2.24) is 10.2 Å². The average molecular weight is 224 g/mol. The molecule has 1 aliphatic heterocycles. The smallest absolute Gasteiger partial charge is 0.323 e. The largest absolute Gasteiger partial charge is 0.325 e. The number of Topliss-reactive ketones (excluding diaryl/α,β-unsaturated/α-hetero) is 1. The van der Waals surface area contributed by atoms with Crippen LogP contribution in [0.25, 0.3) is 0 Å². The van der Waals surface area contributed by atoms with Crippen LogP contribution in [0, 0.1) is 0 Å². The Morgan fingerprint density at radius 2 is 2.00 bits per heavy atom. The first-order valence-corrected chi connectivity index (χ1v) is 5.69. The van der Waals surface area contributed by atoms with E-state index in [-0.39, 0.29) is 30.7 Å². The van der Waals surface area contributed by atoms with Crippen LogP contribution in [0.5, 0.6) is 0 Å². The van der Waals surface area contributed by atoms with Gasteiger partial charge < -0.3 is 5.32 Å². The maximum atomic E-state index is 12.1. The molecule has 2 aliphatic rings. The lowest BCUT2D eigenvalue weighted by Gasteiger charge is -2.19. The number of rotatable bonds is 3. The van der Waals surface area contributed by atoms with Crippen molar-refractivity contribution in [2.45, 2.75) is 44.6 Å². The number of urea groups is 1.